The van der Waals surface area contributed by atoms with E-state index in [2.05, 4.69) is 41.5 Å². The fraction of sp³-hybridized carbons (Fsp3) is 0.500. The molecule has 3 rings (SSSR count). The number of para-hydroxylation sites is 1. The van der Waals surface area contributed by atoms with Gasteiger partial charge >= 0.3 is 0 Å². The van der Waals surface area contributed by atoms with E-state index in [-0.39, 0.29) is 5.54 Å². The van der Waals surface area contributed by atoms with Crippen molar-refractivity contribution in [1.82, 2.24) is 10.3 Å². The molecule has 0 spiro atoms. The van der Waals surface area contributed by atoms with Gasteiger partial charge in [-0.3, -0.25) is 4.98 Å². The molecule has 2 nitrogen and oxygen atoms in total. The Hall–Kier alpha value is -1.12. The van der Waals surface area contributed by atoms with Crippen molar-refractivity contribution in [2.75, 3.05) is 5.88 Å². The molecule has 1 aromatic heterocycles. The van der Waals surface area contributed by atoms with Crippen LogP contribution < -0.4 is 5.32 Å². The molecule has 1 heterocycles. The zero-order valence-corrected chi connectivity index (χ0v) is 13.4. The first-order valence-electron chi connectivity index (χ1n) is 7.86. The van der Waals surface area contributed by atoms with E-state index in [4.69, 9.17) is 11.6 Å². The minimum atomic E-state index is 0.102. The minimum absolute atomic E-state index is 0.102. The van der Waals surface area contributed by atoms with Crippen molar-refractivity contribution >= 4 is 22.5 Å². The quantitative estimate of drug-likeness (QED) is 0.840. The molecule has 21 heavy (non-hydrogen) atoms. The van der Waals surface area contributed by atoms with Gasteiger partial charge in [0.05, 0.1) is 5.52 Å². The highest BCUT2D eigenvalue weighted by Crippen LogP contribution is 2.33. The van der Waals surface area contributed by atoms with Gasteiger partial charge < -0.3 is 5.32 Å². The highest BCUT2D eigenvalue weighted by atomic mass is 35.5. The van der Waals surface area contributed by atoms with E-state index in [1.165, 1.54) is 36.6 Å². The fourth-order valence-corrected chi connectivity index (χ4v) is 3.63. The van der Waals surface area contributed by atoms with Gasteiger partial charge in [0.15, 0.2) is 0 Å². The molecule has 0 aliphatic heterocycles. The van der Waals surface area contributed by atoms with Gasteiger partial charge in [0.2, 0.25) is 0 Å². The van der Waals surface area contributed by atoms with Gasteiger partial charge in [-0.15, -0.1) is 11.6 Å². The van der Waals surface area contributed by atoms with E-state index < -0.39 is 0 Å². The molecule has 2 aromatic rings. The maximum Gasteiger partial charge on any atom is 0.0746 e. The molecule has 1 aliphatic carbocycles. The van der Waals surface area contributed by atoms with Gasteiger partial charge in [-0.25, -0.2) is 0 Å². The first-order valence-corrected chi connectivity index (χ1v) is 8.39. The van der Waals surface area contributed by atoms with Crippen molar-refractivity contribution in [3.63, 3.8) is 0 Å². The topological polar surface area (TPSA) is 24.9 Å². The number of alkyl halides is 1. The van der Waals surface area contributed by atoms with Crippen LogP contribution in [-0.4, -0.2) is 16.4 Å². The van der Waals surface area contributed by atoms with Gasteiger partial charge in [-0.05, 0) is 43.2 Å². The Morgan fingerprint density at radius 2 is 2.00 bits per heavy atom. The van der Waals surface area contributed by atoms with E-state index in [0.717, 1.165) is 18.0 Å². The van der Waals surface area contributed by atoms with Crippen LogP contribution in [-0.2, 0) is 6.54 Å². The normalized spacial score (nSPS) is 26.1. The Labute approximate surface area is 131 Å². The van der Waals surface area contributed by atoms with Crippen LogP contribution in [0, 0.1) is 5.92 Å². The van der Waals surface area contributed by atoms with Crippen LogP contribution in [0.5, 0.6) is 0 Å². The third kappa shape index (κ3) is 3.22. The molecule has 1 saturated carbocycles. The zero-order valence-electron chi connectivity index (χ0n) is 12.6. The Balaban J connectivity index is 1.76. The number of hydrogen-bond donors (Lipinski definition) is 1. The van der Waals surface area contributed by atoms with E-state index in [0.29, 0.717) is 5.88 Å². The molecule has 0 saturated heterocycles. The average Bonchev–Trinajstić information content (AvgIpc) is 2.55. The number of rotatable bonds is 4. The SMILES string of the molecule is CC1CCC(CCl)(NCc2cccc3cccnc23)CC1. The fourth-order valence-electron chi connectivity index (χ4n) is 3.27. The molecule has 1 N–H and O–H groups in total. The second-order valence-electron chi connectivity index (χ2n) is 6.44. The number of pyridine rings is 1. The van der Waals surface area contributed by atoms with Crippen molar-refractivity contribution in [2.24, 2.45) is 5.92 Å². The molecular weight excluding hydrogens is 280 g/mol. The molecule has 0 radical (unpaired) electrons. The lowest BCUT2D eigenvalue weighted by molar-refractivity contribution is 0.216. The van der Waals surface area contributed by atoms with Crippen LogP contribution in [0.4, 0.5) is 0 Å². The van der Waals surface area contributed by atoms with Crippen molar-refractivity contribution in [3.05, 3.63) is 42.1 Å². The molecule has 0 atom stereocenters. The lowest BCUT2D eigenvalue weighted by atomic mass is 9.78. The number of hydrogen-bond acceptors (Lipinski definition) is 2. The summed E-state index contributed by atoms with van der Waals surface area (Å²) in [6.07, 6.45) is 6.76. The van der Waals surface area contributed by atoms with Gasteiger partial charge in [0, 0.05) is 29.5 Å². The van der Waals surface area contributed by atoms with Crippen LogP contribution in [0.3, 0.4) is 0 Å². The van der Waals surface area contributed by atoms with Crippen LogP contribution in [0.1, 0.15) is 38.2 Å². The summed E-state index contributed by atoms with van der Waals surface area (Å²) in [5.41, 5.74) is 2.46. The van der Waals surface area contributed by atoms with Crippen LogP contribution >= 0.6 is 11.6 Å². The first kappa shape index (κ1) is 14.8. The Morgan fingerprint density at radius 3 is 2.76 bits per heavy atom. The summed E-state index contributed by atoms with van der Waals surface area (Å²) in [7, 11) is 0. The predicted molar refractivity (Wildman–Crippen MR) is 89.7 cm³/mol. The van der Waals surface area contributed by atoms with Crippen LogP contribution in [0.25, 0.3) is 10.9 Å². The summed E-state index contributed by atoms with van der Waals surface area (Å²) in [5.74, 6) is 1.53. The lowest BCUT2D eigenvalue weighted by Gasteiger charge is -2.39. The van der Waals surface area contributed by atoms with Crippen molar-refractivity contribution in [2.45, 2.75) is 44.7 Å². The van der Waals surface area contributed by atoms with Gasteiger partial charge in [0.25, 0.3) is 0 Å². The van der Waals surface area contributed by atoms with Gasteiger partial charge in [-0.1, -0.05) is 31.2 Å². The largest absolute Gasteiger partial charge is 0.306 e. The summed E-state index contributed by atoms with van der Waals surface area (Å²) >= 11 is 6.29. The molecule has 3 heteroatoms. The van der Waals surface area contributed by atoms with E-state index in [1.807, 2.05) is 12.3 Å². The number of benzene rings is 1. The predicted octanol–water partition coefficient (Wildman–Crippen LogP) is 4.51. The van der Waals surface area contributed by atoms with Gasteiger partial charge in [0.1, 0.15) is 0 Å². The minimum Gasteiger partial charge on any atom is -0.306 e. The molecule has 1 fully saturated rings. The number of nitrogens with zero attached hydrogens (tertiary/aromatic N) is 1. The number of fused-ring (bicyclic) bond motifs is 1. The second kappa shape index (κ2) is 6.33. The summed E-state index contributed by atoms with van der Waals surface area (Å²) in [4.78, 5) is 4.53. The Kier molecular flexibility index (Phi) is 4.46. The molecule has 0 unspecified atom stereocenters. The maximum absolute atomic E-state index is 6.29. The average molecular weight is 303 g/mol. The number of halogens is 1. The molecule has 0 amide bonds. The highest BCUT2D eigenvalue weighted by Gasteiger charge is 2.32. The molecule has 1 aromatic carbocycles. The van der Waals surface area contributed by atoms with E-state index >= 15 is 0 Å². The molecule has 1 aliphatic rings. The Morgan fingerprint density at radius 1 is 1.24 bits per heavy atom. The number of nitrogens with one attached hydrogen (secondary N) is 1. The van der Waals surface area contributed by atoms with Crippen LogP contribution in [0.2, 0.25) is 0 Å². The second-order valence-corrected chi connectivity index (χ2v) is 6.71. The van der Waals surface area contributed by atoms with Crippen molar-refractivity contribution in [1.29, 1.82) is 0 Å². The van der Waals surface area contributed by atoms with Crippen LogP contribution in [0.15, 0.2) is 36.5 Å². The van der Waals surface area contributed by atoms with Crippen molar-refractivity contribution < 1.29 is 0 Å². The molecular formula is C18H23ClN2. The summed E-state index contributed by atoms with van der Waals surface area (Å²) in [5, 5.41) is 4.94. The standard InChI is InChI=1S/C18H23ClN2/c1-14-7-9-18(13-19,10-8-14)21-12-16-5-2-4-15-6-3-11-20-17(15)16/h2-6,11,14,21H,7-10,12-13H2,1H3. The van der Waals surface area contributed by atoms with E-state index in [1.54, 1.807) is 0 Å². The number of aromatic nitrogens is 1. The monoisotopic (exact) mass is 302 g/mol. The zero-order chi connectivity index (χ0) is 14.7. The van der Waals surface area contributed by atoms with Crippen molar-refractivity contribution in [3.8, 4) is 0 Å². The van der Waals surface area contributed by atoms with E-state index in [9.17, 15) is 0 Å². The lowest BCUT2D eigenvalue weighted by Crippen LogP contribution is -2.49. The van der Waals surface area contributed by atoms with Gasteiger partial charge in [-0.2, -0.15) is 0 Å². The summed E-state index contributed by atoms with van der Waals surface area (Å²) < 4.78 is 0. The summed E-state index contributed by atoms with van der Waals surface area (Å²) in [6.45, 7) is 3.18. The summed E-state index contributed by atoms with van der Waals surface area (Å²) in [6, 6.07) is 10.5. The first-order chi connectivity index (χ1) is 10.2. The maximum atomic E-state index is 6.29. The smallest absolute Gasteiger partial charge is 0.0746 e. The Bertz CT molecular complexity index is 598. The molecule has 112 valence electrons. The third-order valence-electron chi connectivity index (χ3n) is 4.86. The third-order valence-corrected chi connectivity index (χ3v) is 5.37. The highest BCUT2D eigenvalue weighted by molar-refractivity contribution is 6.18. The molecule has 0 bridgehead atoms.